The molecule has 3 aliphatic rings. The highest BCUT2D eigenvalue weighted by Crippen LogP contribution is 2.36. The Morgan fingerprint density at radius 3 is 2.88 bits per heavy atom. The molecule has 4 rings (SSSR count). The molecule has 1 aromatic rings. The molecule has 3 fully saturated rings. The Morgan fingerprint density at radius 2 is 2.00 bits per heavy atom. The molecular formula is C19H26N4O2. The van der Waals surface area contributed by atoms with Gasteiger partial charge >= 0.3 is 12.1 Å². The first kappa shape index (κ1) is 16.2. The lowest BCUT2D eigenvalue weighted by Crippen LogP contribution is -2.46. The number of hydrogen-bond acceptors (Lipinski definition) is 2. The molecule has 0 unspecified atom stereocenters. The summed E-state index contributed by atoms with van der Waals surface area (Å²) in [5.41, 5.74) is 1.58. The third-order valence-corrected chi connectivity index (χ3v) is 5.76. The Hall–Kier alpha value is -2.24. The monoisotopic (exact) mass is 342 g/mol. The Balaban J connectivity index is 1.45. The minimum absolute atomic E-state index is 0.00496. The maximum absolute atomic E-state index is 12.7. The van der Waals surface area contributed by atoms with Crippen molar-refractivity contribution < 1.29 is 9.59 Å². The molecule has 1 aromatic carbocycles. The van der Waals surface area contributed by atoms with Crippen LogP contribution in [0.4, 0.5) is 21.0 Å². The van der Waals surface area contributed by atoms with E-state index in [-0.39, 0.29) is 12.1 Å². The smallest absolute Gasteiger partial charge is 0.322 e. The summed E-state index contributed by atoms with van der Waals surface area (Å²) in [6.07, 6.45) is 6.98. The lowest BCUT2D eigenvalue weighted by Gasteiger charge is -2.32. The lowest BCUT2D eigenvalue weighted by atomic mass is 9.85. The SMILES string of the molecule is O=C1NCCCN1c1cccc(NC(=O)N2CC[C@H]3CCCC[C@H]32)c1. The number of benzene rings is 1. The number of anilines is 2. The standard InChI is InChI=1S/C19H26N4O2/c24-18-20-10-4-11-22(18)16-7-3-6-15(13-16)21-19(25)23-12-9-14-5-1-2-8-17(14)23/h3,6-7,13-14,17H,1-2,4-5,8-12H2,(H,20,24)(H,21,25)/t14-,17-/m1/s1. The number of urea groups is 2. The molecule has 1 saturated carbocycles. The highest BCUT2D eigenvalue weighted by Gasteiger charge is 2.38. The molecule has 4 amide bonds. The minimum Gasteiger partial charge on any atom is -0.338 e. The summed E-state index contributed by atoms with van der Waals surface area (Å²) < 4.78 is 0. The number of nitrogens with one attached hydrogen (secondary N) is 2. The molecule has 134 valence electrons. The van der Waals surface area contributed by atoms with Crippen LogP contribution in [0.25, 0.3) is 0 Å². The van der Waals surface area contributed by atoms with Crippen LogP contribution < -0.4 is 15.5 Å². The normalized spacial score (nSPS) is 26.2. The van der Waals surface area contributed by atoms with E-state index in [1.807, 2.05) is 29.2 Å². The molecule has 0 spiro atoms. The van der Waals surface area contributed by atoms with Gasteiger partial charge in [0.2, 0.25) is 0 Å². The van der Waals surface area contributed by atoms with Crippen molar-refractivity contribution in [1.29, 1.82) is 0 Å². The highest BCUT2D eigenvalue weighted by atomic mass is 16.2. The van der Waals surface area contributed by atoms with Crippen LogP contribution in [0.3, 0.4) is 0 Å². The molecule has 2 aliphatic heterocycles. The Bertz CT molecular complexity index is 663. The summed E-state index contributed by atoms with van der Waals surface area (Å²) in [7, 11) is 0. The molecule has 2 atom stereocenters. The van der Waals surface area contributed by atoms with E-state index in [1.165, 1.54) is 19.3 Å². The number of hydrogen-bond donors (Lipinski definition) is 2. The predicted octanol–water partition coefficient (Wildman–Crippen LogP) is 3.40. The van der Waals surface area contributed by atoms with Gasteiger partial charge in [-0.25, -0.2) is 9.59 Å². The predicted molar refractivity (Wildman–Crippen MR) is 97.9 cm³/mol. The molecule has 2 N–H and O–H groups in total. The van der Waals surface area contributed by atoms with Crippen LogP contribution >= 0.6 is 0 Å². The third kappa shape index (κ3) is 3.30. The van der Waals surface area contributed by atoms with Crippen LogP contribution in [0.5, 0.6) is 0 Å². The molecule has 0 radical (unpaired) electrons. The van der Waals surface area contributed by atoms with Gasteiger partial charge < -0.3 is 15.5 Å². The maximum Gasteiger partial charge on any atom is 0.322 e. The Morgan fingerprint density at radius 1 is 1.12 bits per heavy atom. The molecule has 6 heteroatoms. The van der Waals surface area contributed by atoms with Gasteiger partial charge in [-0.3, -0.25) is 4.90 Å². The fourth-order valence-electron chi connectivity index (χ4n) is 4.48. The number of fused-ring (bicyclic) bond motifs is 1. The van der Waals surface area contributed by atoms with E-state index >= 15 is 0 Å². The number of nitrogens with zero attached hydrogens (tertiary/aromatic N) is 2. The van der Waals surface area contributed by atoms with Crippen LogP contribution in [0, 0.1) is 5.92 Å². The van der Waals surface area contributed by atoms with Crippen molar-refractivity contribution in [3.05, 3.63) is 24.3 Å². The van der Waals surface area contributed by atoms with Crippen LogP contribution in [-0.4, -0.2) is 42.6 Å². The van der Waals surface area contributed by atoms with Crippen LogP contribution in [0.15, 0.2) is 24.3 Å². The van der Waals surface area contributed by atoms with Crippen molar-refractivity contribution in [1.82, 2.24) is 10.2 Å². The summed E-state index contributed by atoms with van der Waals surface area (Å²) in [5.74, 6) is 0.683. The van der Waals surface area contributed by atoms with Crippen LogP contribution in [-0.2, 0) is 0 Å². The fourth-order valence-corrected chi connectivity index (χ4v) is 4.48. The zero-order valence-corrected chi connectivity index (χ0v) is 14.5. The van der Waals surface area contributed by atoms with Gasteiger partial charge in [0.25, 0.3) is 0 Å². The van der Waals surface area contributed by atoms with E-state index in [4.69, 9.17) is 0 Å². The number of carbonyl (C=O) groups excluding carboxylic acids is 2. The lowest BCUT2D eigenvalue weighted by molar-refractivity contribution is 0.182. The van der Waals surface area contributed by atoms with Gasteiger partial charge in [0.15, 0.2) is 0 Å². The van der Waals surface area contributed by atoms with Gasteiger partial charge in [0, 0.05) is 37.1 Å². The second kappa shape index (κ2) is 6.94. The van der Waals surface area contributed by atoms with Crippen molar-refractivity contribution in [2.75, 3.05) is 29.9 Å². The maximum atomic E-state index is 12.7. The Kier molecular flexibility index (Phi) is 4.51. The topological polar surface area (TPSA) is 64.7 Å². The van der Waals surface area contributed by atoms with Gasteiger partial charge in [-0.2, -0.15) is 0 Å². The van der Waals surface area contributed by atoms with E-state index in [0.717, 1.165) is 43.7 Å². The van der Waals surface area contributed by atoms with Crippen molar-refractivity contribution in [3.63, 3.8) is 0 Å². The minimum atomic E-state index is -0.0701. The van der Waals surface area contributed by atoms with Crippen molar-refractivity contribution in [2.45, 2.75) is 44.6 Å². The Labute approximate surface area is 148 Å². The average molecular weight is 342 g/mol. The summed E-state index contributed by atoms with van der Waals surface area (Å²) in [5, 5.41) is 5.90. The highest BCUT2D eigenvalue weighted by molar-refractivity contribution is 5.95. The molecule has 0 bridgehead atoms. The zero-order valence-electron chi connectivity index (χ0n) is 14.5. The summed E-state index contributed by atoms with van der Waals surface area (Å²) in [4.78, 5) is 28.5. The van der Waals surface area contributed by atoms with Crippen molar-refractivity contribution in [3.8, 4) is 0 Å². The van der Waals surface area contributed by atoms with E-state index in [2.05, 4.69) is 10.6 Å². The second-order valence-electron chi connectivity index (χ2n) is 7.31. The number of rotatable bonds is 2. The van der Waals surface area contributed by atoms with Crippen molar-refractivity contribution in [2.24, 2.45) is 5.92 Å². The van der Waals surface area contributed by atoms with Gasteiger partial charge in [0.05, 0.1) is 0 Å². The first-order chi connectivity index (χ1) is 12.2. The summed E-state index contributed by atoms with van der Waals surface area (Å²) in [6.45, 7) is 2.29. The van der Waals surface area contributed by atoms with E-state index in [1.54, 1.807) is 4.90 Å². The van der Waals surface area contributed by atoms with E-state index in [0.29, 0.717) is 18.5 Å². The van der Waals surface area contributed by atoms with Crippen molar-refractivity contribution >= 4 is 23.4 Å². The zero-order chi connectivity index (χ0) is 17.2. The molecule has 1 aliphatic carbocycles. The summed E-state index contributed by atoms with van der Waals surface area (Å²) in [6, 6.07) is 7.90. The van der Waals surface area contributed by atoms with Crippen LogP contribution in [0.1, 0.15) is 38.5 Å². The van der Waals surface area contributed by atoms with Gasteiger partial charge in [0.1, 0.15) is 0 Å². The first-order valence-corrected chi connectivity index (χ1v) is 9.45. The number of amides is 4. The average Bonchev–Trinajstić information content (AvgIpc) is 3.06. The second-order valence-corrected chi connectivity index (χ2v) is 7.31. The number of carbonyl (C=O) groups is 2. The summed E-state index contributed by atoms with van der Waals surface area (Å²) >= 11 is 0. The molecular weight excluding hydrogens is 316 g/mol. The third-order valence-electron chi connectivity index (χ3n) is 5.76. The van der Waals surface area contributed by atoms with Gasteiger partial charge in [-0.15, -0.1) is 0 Å². The largest absolute Gasteiger partial charge is 0.338 e. The molecule has 6 nitrogen and oxygen atoms in total. The molecule has 25 heavy (non-hydrogen) atoms. The molecule has 2 saturated heterocycles. The van der Waals surface area contributed by atoms with Gasteiger partial charge in [-0.1, -0.05) is 18.9 Å². The van der Waals surface area contributed by atoms with E-state index in [9.17, 15) is 9.59 Å². The quantitative estimate of drug-likeness (QED) is 0.865. The van der Waals surface area contributed by atoms with E-state index < -0.39 is 0 Å². The fraction of sp³-hybridized carbons (Fsp3) is 0.579. The molecule has 0 aromatic heterocycles. The van der Waals surface area contributed by atoms with Crippen LogP contribution in [0.2, 0.25) is 0 Å². The first-order valence-electron chi connectivity index (χ1n) is 9.45. The number of likely N-dealkylation sites (tertiary alicyclic amines) is 1. The molecule has 2 heterocycles. The van der Waals surface area contributed by atoms with Gasteiger partial charge in [-0.05, 0) is 49.8 Å².